The third-order valence-corrected chi connectivity index (χ3v) is 4.52. The molecule has 0 radical (unpaired) electrons. The highest BCUT2D eigenvalue weighted by molar-refractivity contribution is 7.13. The Balaban J connectivity index is 0.000000960. The first-order valence-corrected chi connectivity index (χ1v) is 7.72. The maximum absolute atomic E-state index is 5.92. The Morgan fingerprint density at radius 1 is 1.12 bits per heavy atom. The summed E-state index contributed by atoms with van der Waals surface area (Å²) < 4.78 is 2.06. The van der Waals surface area contributed by atoms with Gasteiger partial charge in [-0.3, -0.25) is 9.55 Å². The highest BCUT2D eigenvalue weighted by Crippen LogP contribution is 2.37. The summed E-state index contributed by atoms with van der Waals surface area (Å²) in [5.74, 6) is 2.09. The Bertz CT molecular complexity index is 743. The lowest BCUT2D eigenvalue weighted by Crippen LogP contribution is -2.36. The number of rotatable bonds is 3. The Kier molecular flexibility index (Phi) is 7.56. The number of halogens is 3. The second-order valence-corrected chi connectivity index (χ2v) is 6.09. The van der Waals surface area contributed by atoms with E-state index in [1.165, 1.54) is 0 Å². The van der Waals surface area contributed by atoms with Crippen LogP contribution in [-0.2, 0) is 0 Å². The van der Waals surface area contributed by atoms with Crippen molar-refractivity contribution in [1.29, 1.82) is 0 Å². The maximum atomic E-state index is 5.92. The van der Waals surface area contributed by atoms with Gasteiger partial charge in [0.05, 0.1) is 11.9 Å². The van der Waals surface area contributed by atoms with E-state index < -0.39 is 0 Å². The molecule has 1 aliphatic rings. The summed E-state index contributed by atoms with van der Waals surface area (Å²) in [7, 11) is 0. The van der Waals surface area contributed by atoms with E-state index in [4.69, 9.17) is 5.73 Å². The number of hydrogen-bond acceptors (Lipinski definition) is 6. The van der Waals surface area contributed by atoms with Crippen LogP contribution < -0.4 is 5.73 Å². The Hall–Kier alpha value is -1.25. The zero-order chi connectivity index (χ0) is 14.2. The summed E-state index contributed by atoms with van der Waals surface area (Å²) in [5.41, 5.74) is 6.88. The fourth-order valence-electron chi connectivity index (χ4n) is 2.65. The number of nitrogens with two attached hydrogens (primary N) is 1. The first kappa shape index (κ1) is 20.8. The minimum atomic E-state index is 0. The number of aromatic nitrogens is 5. The number of pyridine rings is 1. The SMILES string of the molecule is Cl.Cl.Cl.NC1CC(c2nnc(-c3nccs3)n2-c2cccnc2)C1. The second kappa shape index (κ2) is 8.73. The van der Waals surface area contributed by atoms with Crippen molar-refractivity contribution in [1.82, 2.24) is 24.7 Å². The van der Waals surface area contributed by atoms with Crippen molar-refractivity contribution in [3.8, 4) is 16.5 Å². The molecule has 2 N–H and O–H groups in total. The Morgan fingerprint density at radius 3 is 2.50 bits per heavy atom. The van der Waals surface area contributed by atoms with Gasteiger partial charge in [0.1, 0.15) is 5.82 Å². The molecule has 1 saturated carbocycles. The predicted octanol–water partition coefficient (Wildman–Crippen LogP) is 3.26. The summed E-state index contributed by atoms with van der Waals surface area (Å²) in [4.78, 5) is 8.56. The summed E-state index contributed by atoms with van der Waals surface area (Å²) >= 11 is 1.56. The van der Waals surface area contributed by atoms with Crippen LogP contribution in [-0.4, -0.2) is 30.8 Å². The van der Waals surface area contributed by atoms with Crippen LogP contribution in [0.1, 0.15) is 24.6 Å². The molecule has 24 heavy (non-hydrogen) atoms. The van der Waals surface area contributed by atoms with Gasteiger partial charge < -0.3 is 5.73 Å². The molecule has 0 amide bonds. The molecule has 0 unspecified atom stereocenters. The van der Waals surface area contributed by atoms with Crippen LogP contribution in [0.5, 0.6) is 0 Å². The topological polar surface area (TPSA) is 82.5 Å². The van der Waals surface area contributed by atoms with Gasteiger partial charge in [0.2, 0.25) is 0 Å². The lowest BCUT2D eigenvalue weighted by Gasteiger charge is -2.31. The van der Waals surface area contributed by atoms with Crippen LogP contribution in [0.4, 0.5) is 0 Å². The molecule has 1 aliphatic carbocycles. The van der Waals surface area contributed by atoms with Crippen molar-refractivity contribution in [3.63, 3.8) is 0 Å². The van der Waals surface area contributed by atoms with Crippen molar-refractivity contribution in [2.24, 2.45) is 5.73 Å². The minimum Gasteiger partial charge on any atom is -0.328 e. The summed E-state index contributed by atoms with van der Waals surface area (Å²) in [6, 6.07) is 4.20. The normalized spacial score (nSPS) is 18.5. The van der Waals surface area contributed by atoms with Crippen molar-refractivity contribution in [2.75, 3.05) is 0 Å². The molecule has 0 saturated heterocycles. The van der Waals surface area contributed by atoms with Gasteiger partial charge in [-0.15, -0.1) is 58.8 Å². The largest absolute Gasteiger partial charge is 0.328 e. The zero-order valence-corrected chi connectivity index (χ0v) is 15.7. The Morgan fingerprint density at radius 2 is 1.92 bits per heavy atom. The standard InChI is InChI=1S/C14H14N6S.3ClH/c15-10-6-9(7-10)12-18-19-13(14-17-4-5-21-14)20(12)11-2-1-3-16-8-11;;;/h1-5,8-10H,6-7,15H2;3*1H. The van der Waals surface area contributed by atoms with Gasteiger partial charge in [0.25, 0.3) is 0 Å². The van der Waals surface area contributed by atoms with Crippen molar-refractivity contribution in [3.05, 3.63) is 41.9 Å². The van der Waals surface area contributed by atoms with Crippen molar-refractivity contribution in [2.45, 2.75) is 24.8 Å². The van der Waals surface area contributed by atoms with Gasteiger partial charge in [-0.05, 0) is 25.0 Å². The first-order valence-electron chi connectivity index (χ1n) is 6.84. The Labute approximate surface area is 162 Å². The quantitative estimate of drug-likeness (QED) is 0.720. The van der Waals surface area contributed by atoms with E-state index >= 15 is 0 Å². The van der Waals surface area contributed by atoms with E-state index in [-0.39, 0.29) is 43.3 Å². The van der Waals surface area contributed by atoms with E-state index in [1.54, 1.807) is 23.7 Å². The van der Waals surface area contributed by atoms with Crippen LogP contribution in [0, 0.1) is 0 Å². The number of hydrogen-bond donors (Lipinski definition) is 1. The van der Waals surface area contributed by atoms with E-state index in [0.29, 0.717) is 5.92 Å². The molecule has 0 bridgehead atoms. The van der Waals surface area contributed by atoms with E-state index in [2.05, 4.69) is 24.7 Å². The van der Waals surface area contributed by atoms with Crippen molar-refractivity contribution >= 4 is 48.6 Å². The highest BCUT2D eigenvalue weighted by atomic mass is 35.5. The fraction of sp³-hybridized carbons (Fsp3) is 0.286. The molecule has 3 aromatic heterocycles. The third kappa shape index (κ3) is 3.70. The molecule has 1 fully saturated rings. The average molecular weight is 408 g/mol. The number of nitrogens with zero attached hydrogens (tertiary/aromatic N) is 5. The monoisotopic (exact) mass is 406 g/mol. The molecular weight excluding hydrogens is 391 g/mol. The summed E-state index contributed by atoms with van der Waals surface area (Å²) in [6.07, 6.45) is 7.27. The minimum absolute atomic E-state index is 0. The van der Waals surface area contributed by atoms with Gasteiger partial charge in [0.15, 0.2) is 10.8 Å². The fourth-order valence-corrected chi connectivity index (χ4v) is 3.26. The molecule has 6 nitrogen and oxygen atoms in total. The van der Waals surface area contributed by atoms with Gasteiger partial charge in [-0.25, -0.2) is 4.98 Å². The van der Waals surface area contributed by atoms with Crippen LogP contribution >= 0.6 is 48.6 Å². The molecule has 130 valence electrons. The number of thiazole rings is 1. The van der Waals surface area contributed by atoms with Crippen LogP contribution in [0.25, 0.3) is 16.5 Å². The predicted molar refractivity (Wildman–Crippen MR) is 102 cm³/mol. The summed E-state index contributed by atoms with van der Waals surface area (Å²) in [5, 5.41) is 11.6. The van der Waals surface area contributed by atoms with E-state index in [1.807, 2.05) is 23.7 Å². The maximum Gasteiger partial charge on any atom is 0.197 e. The second-order valence-electron chi connectivity index (χ2n) is 5.19. The van der Waals surface area contributed by atoms with Crippen LogP contribution in [0.15, 0.2) is 36.1 Å². The first-order chi connectivity index (χ1) is 10.3. The van der Waals surface area contributed by atoms with Gasteiger partial charge in [-0.1, -0.05) is 0 Å². The molecular formula is C14H17Cl3N6S. The molecule has 3 aromatic rings. The lowest BCUT2D eigenvalue weighted by molar-refractivity contribution is 0.335. The van der Waals surface area contributed by atoms with Crippen LogP contribution in [0.2, 0.25) is 0 Å². The van der Waals surface area contributed by atoms with Gasteiger partial charge in [0, 0.05) is 29.7 Å². The van der Waals surface area contributed by atoms with Gasteiger partial charge in [-0.2, -0.15) is 0 Å². The molecule has 4 rings (SSSR count). The molecule has 0 spiro atoms. The molecule has 0 aromatic carbocycles. The molecule has 0 aliphatic heterocycles. The average Bonchev–Trinajstić information content (AvgIpc) is 3.13. The van der Waals surface area contributed by atoms with E-state index in [9.17, 15) is 0 Å². The zero-order valence-electron chi connectivity index (χ0n) is 12.5. The highest BCUT2D eigenvalue weighted by Gasteiger charge is 2.33. The van der Waals surface area contributed by atoms with Crippen molar-refractivity contribution < 1.29 is 0 Å². The molecule has 10 heteroatoms. The van der Waals surface area contributed by atoms with Crippen LogP contribution in [0.3, 0.4) is 0 Å². The summed E-state index contributed by atoms with van der Waals surface area (Å²) in [6.45, 7) is 0. The molecule has 0 atom stereocenters. The van der Waals surface area contributed by atoms with E-state index in [0.717, 1.165) is 35.2 Å². The lowest BCUT2D eigenvalue weighted by atomic mass is 9.80. The third-order valence-electron chi connectivity index (χ3n) is 3.76. The smallest absolute Gasteiger partial charge is 0.197 e. The molecule has 3 heterocycles. The van der Waals surface area contributed by atoms with Gasteiger partial charge >= 0.3 is 0 Å².